The molecular weight excluding hydrogens is 424 g/mol. The minimum Gasteiger partial charge on any atom is -0.383 e. The maximum atomic E-state index is 13.5. The van der Waals surface area contributed by atoms with Crippen molar-refractivity contribution < 1.29 is 13.5 Å². The van der Waals surface area contributed by atoms with Crippen LogP contribution in [0.1, 0.15) is 56.8 Å². The average Bonchev–Trinajstić information content (AvgIpc) is 2.65. The van der Waals surface area contributed by atoms with E-state index in [0.29, 0.717) is 18.4 Å². The van der Waals surface area contributed by atoms with Crippen molar-refractivity contribution in [3.8, 4) is 0 Å². The highest BCUT2D eigenvalue weighted by atomic mass is 79.9. The number of hydrogen-bond acceptors (Lipinski definition) is 3. The Balaban J connectivity index is 2.63. The summed E-state index contributed by atoms with van der Waals surface area (Å²) in [5, 5.41) is 11.1. The Morgan fingerprint density at radius 2 is 1.63 bits per heavy atom. The van der Waals surface area contributed by atoms with Crippen LogP contribution in [0.4, 0.5) is 0 Å². The summed E-state index contributed by atoms with van der Waals surface area (Å²) >= 11 is 3.38. The van der Waals surface area contributed by atoms with Gasteiger partial charge in [-0.2, -0.15) is 0 Å². The van der Waals surface area contributed by atoms with E-state index in [4.69, 9.17) is 0 Å². The van der Waals surface area contributed by atoms with E-state index in [2.05, 4.69) is 22.9 Å². The zero-order valence-electron chi connectivity index (χ0n) is 16.1. The quantitative estimate of drug-likeness (QED) is 0.526. The zero-order valence-corrected chi connectivity index (χ0v) is 18.5. The number of aliphatic hydroxyl groups excluding tert-OH is 1. The molecule has 0 aliphatic heterocycles. The number of rotatable bonds is 8. The summed E-state index contributed by atoms with van der Waals surface area (Å²) in [5.74, 6) is 0. The smallest absolute Gasteiger partial charge is 0.205 e. The number of aryl methyl sites for hydroxylation is 1. The fraction of sp³-hybridized carbons (Fsp3) is 0.364. The predicted octanol–water partition coefficient (Wildman–Crippen LogP) is 6.12. The van der Waals surface area contributed by atoms with Gasteiger partial charge in [0, 0.05) is 4.47 Å². The molecule has 0 radical (unpaired) electrons. The highest BCUT2D eigenvalue weighted by Gasteiger charge is 2.30. The lowest BCUT2D eigenvalue weighted by molar-refractivity contribution is 0.221. The van der Waals surface area contributed by atoms with E-state index in [9.17, 15) is 13.5 Å². The van der Waals surface area contributed by atoms with Gasteiger partial charge >= 0.3 is 0 Å². The molecule has 0 aliphatic rings. The molecule has 1 N–H and O–H groups in total. The summed E-state index contributed by atoms with van der Waals surface area (Å²) in [7, 11) is -3.80. The Morgan fingerprint density at radius 3 is 2.15 bits per heavy atom. The molecule has 5 heteroatoms. The van der Waals surface area contributed by atoms with E-state index < -0.39 is 15.9 Å². The summed E-state index contributed by atoms with van der Waals surface area (Å²) < 4.78 is 27.8. The van der Waals surface area contributed by atoms with Crippen LogP contribution in [0.3, 0.4) is 0 Å². The van der Waals surface area contributed by atoms with Gasteiger partial charge in [0.15, 0.2) is 0 Å². The van der Waals surface area contributed by atoms with Crippen LogP contribution in [0.15, 0.2) is 68.4 Å². The van der Waals surface area contributed by atoms with Crippen molar-refractivity contribution >= 4 is 25.8 Å². The van der Waals surface area contributed by atoms with Crippen molar-refractivity contribution in [3.63, 3.8) is 0 Å². The monoisotopic (exact) mass is 450 g/mol. The number of benzene rings is 2. The van der Waals surface area contributed by atoms with Crippen LogP contribution in [0.5, 0.6) is 0 Å². The normalized spacial score (nSPS) is 14.0. The van der Waals surface area contributed by atoms with Gasteiger partial charge in [-0.25, -0.2) is 8.42 Å². The van der Waals surface area contributed by atoms with Crippen LogP contribution in [-0.4, -0.2) is 13.5 Å². The van der Waals surface area contributed by atoms with Gasteiger partial charge in [0.25, 0.3) is 0 Å². The van der Waals surface area contributed by atoms with E-state index in [-0.39, 0.29) is 9.80 Å². The van der Waals surface area contributed by atoms with Gasteiger partial charge < -0.3 is 5.11 Å². The van der Waals surface area contributed by atoms with Gasteiger partial charge in [0.1, 0.15) is 6.10 Å². The van der Waals surface area contributed by atoms with Gasteiger partial charge in [-0.1, -0.05) is 71.6 Å². The van der Waals surface area contributed by atoms with E-state index in [0.717, 1.165) is 28.5 Å². The molecule has 0 saturated carbocycles. The van der Waals surface area contributed by atoms with Crippen LogP contribution >= 0.6 is 15.9 Å². The molecule has 0 spiro atoms. The van der Waals surface area contributed by atoms with Crippen molar-refractivity contribution in [2.75, 3.05) is 0 Å². The Hall–Kier alpha value is -1.43. The summed E-state index contributed by atoms with van der Waals surface area (Å²) in [6.45, 7) is 5.94. The van der Waals surface area contributed by atoms with E-state index >= 15 is 0 Å². The molecular formula is C22H27BrO3S. The summed E-state index contributed by atoms with van der Waals surface area (Å²) in [6, 6.07) is 13.9. The molecule has 0 aliphatic carbocycles. The molecule has 0 aromatic heterocycles. The maximum Gasteiger partial charge on any atom is 0.205 e. The predicted molar refractivity (Wildman–Crippen MR) is 114 cm³/mol. The van der Waals surface area contributed by atoms with Gasteiger partial charge in [-0.3, -0.25) is 0 Å². The largest absolute Gasteiger partial charge is 0.383 e. The standard InChI is InChI=1S/C22H27BrO3S/c1-4-6-7-17(5-2)22(21(24)18-10-12-19(23)13-11-18)27(25,26)20-14-8-16(3)9-15-20/h8-15,21,24H,4-7H2,1-3H3/b22-17-. The Labute approximate surface area is 171 Å². The first-order valence-electron chi connectivity index (χ1n) is 9.28. The molecule has 27 heavy (non-hydrogen) atoms. The lowest BCUT2D eigenvalue weighted by atomic mass is 10.0. The van der Waals surface area contributed by atoms with Gasteiger partial charge in [0.05, 0.1) is 9.80 Å². The van der Waals surface area contributed by atoms with Gasteiger partial charge in [-0.05, 0) is 56.0 Å². The second kappa shape index (κ2) is 9.67. The number of aliphatic hydroxyl groups is 1. The van der Waals surface area contributed by atoms with Crippen molar-refractivity contribution in [3.05, 3.63) is 74.6 Å². The molecule has 0 bridgehead atoms. The van der Waals surface area contributed by atoms with E-state index in [1.165, 1.54) is 0 Å². The molecule has 0 amide bonds. The minimum absolute atomic E-state index is 0.129. The fourth-order valence-corrected chi connectivity index (χ4v) is 5.10. The van der Waals surface area contributed by atoms with Crippen LogP contribution in [0.2, 0.25) is 0 Å². The Bertz CT molecular complexity index is 882. The first-order valence-corrected chi connectivity index (χ1v) is 11.6. The minimum atomic E-state index is -3.80. The second-order valence-electron chi connectivity index (χ2n) is 6.70. The van der Waals surface area contributed by atoms with Crippen LogP contribution < -0.4 is 0 Å². The van der Waals surface area contributed by atoms with Gasteiger partial charge in [0.2, 0.25) is 9.84 Å². The highest BCUT2D eigenvalue weighted by molar-refractivity contribution is 9.10. The highest BCUT2D eigenvalue weighted by Crippen LogP contribution is 2.36. The van der Waals surface area contributed by atoms with Crippen molar-refractivity contribution in [2.24, 2.45) is 0 Å². The molecule has 0 saturated heterocycles. The summed E-state index contributed by atoms with van der Waals surface area (Å²) in [4.78, 5) is 0.353. The molecule has 2 aromatic carbocycles. The zero-order chi connectivity index (χ0) is 20.0. The third kappa shape index (κ3) is 5.31. The van der Waals surface area contributed by atoms with Crippen molar-refractivity contribution in [2.45, 2.75) is 57.5 Å². The number of allylic oxidation sites excluding steroid dienone is 1. The fourth-order valence-electron chi connectivity index (χ4n) is 3.04. The van der Waals surface area contributed by atoms with Crippen molar-refractivity contribution in [1.82, 2.24) is 0 Å². The Kier molecular flexibility index (Phi) is 7.83. The molecule has 3 nitrogen and oxygen atoms in total. The first-order chi connectivity index (χ1) is 12.8. The number of sulfone groups is 1. The lowest BCUT2D eigenvalue weighted by Gasteiger charge is -2.21. The average molecular weight is 451 g/mol. The lowest BCUT2D eigenvalue weighted by Crippen LogP contribution is -2.16. The molecule has 0 fully saturated rings. The third-order valence-electron chi connectivity index (χ3n) is 4.66. The number of unbranched alkanes of at least 4 members (excludes halogenated alkanes) is 1. The molecule has 146 valence electrons. The van der Waals surface area contributed by atoms with E-state index in [1.54, 1.807) is 36.4 Å². The number of halogens is 1. The molecule has 2 aromatic rings. The first kappa shape index (κ1) is 21.9. The molecule has 1 unspecified atom stereocenters. The second-order valence-corrected chi connectivity index (χ2v) is 9.53. The molecule has 2 rings (SSSR count). The van der Waals surface area contributed by atoms with Crippen LogP contribution in [-0.2, 0) is 9.84 Å². The third-order valence-corrected chi connectivity index (χ3v) is 7.17. The summed E-state index contributed by atoms with van der Waals surface area (Å²) in [5.41, 5.74) is 2.37. The number of hydrogen-bond donors (Lipinski definition) is 1. The SMILES string of the molecule is CCCC/C(CC)=C(/C(O)c1ccc(Br)cc1)S(=O)(=O)c1ccc(C)cc1. The van der Waals surface area contributed by atoms with Crippen LogP contribution in [0.25, 0.3) is 0 Å². The summed E-state index contributed by atoms with van der Waals surface area (Å²) in [6.07, 6.45) is 1.93. The maximum absolute atomic E-state index is 13.5. The van der Waals surface area contributed by atoms with E-state index in [1.807, 2.05) is 26.0 Å². The molecule has 1 atom stereocenters. The van der Waals surface area contributed by atoms with Crippen LogP contribution in [0, 0.1) is 6.92 Å². The van der Waals surface area contributed by atoms with Crippen molar-refractivity contribution in [1.29, 1.82) is 0 Å². The van der Waals surface area contributed by atoms with Gasteiger partial charge in [-0.15, -0.1) is 0 Å². The Morgan fingerprint density at radius 1 is 1.04 bits per heavy atom. The molecule has 0 heterocycles. The topological polar surface area (TPSA) is 54.4 Å².